The number of nitrogens with zero attached hydrogens (tertiary/aromatic N) is 2. The number of hydrogen-bond donors (Lipinski definition) is 1. The van der Waals surface area contributed by atoms with Crippen LogP contribution in [0.4, 0.5) is 0 Å². The first kappa shape index (κ1) is 20.0. The standard InChI is InChI=1S/C24H28ClN3O/c1-17-14-20-15-21(25)8-9-23(20)28(17)12-5-11-26-24(29)16-27-13-10-19-6-3-4-7-22(19)18(27)2/h3-4,6-9,14-15,18H,5,10-13,16H2,1-2H3,(H,26,29). The highest BCUT2D eigenvalue weighted by molar-refractivity contribution is 6.31. The third kappa shape index (κ3) is 4.34. The van der Waals surface area contributed by atoms with Gasteiger partial charge in [-0.15, -0.1) is 0 Å². The predicted octanol–water partition coefficient (Wildman–Crippen LogP) is 4.73. The Bertz CT molecular complexity index is 1030. The molecule has 1 amide bonds. The largest absolute Gasteiger partial charge is 0.355 e. The van der Waals surface area contributed by atoms with Crippen LogP contribution in [0.15, 0.2) is 48.5 Å². The lowest BCUT2D eigenvalue weighted by molar-refractivity contribution is -0.122. The molecule has 1 N–H and O–H groups in total. The number of hydrogen-bond acceptors (Lipinski definition) is 2. The molecular formula is C24H28ClN3O. The average Bonchev–Trinajstić information content (AvgIpc) is 3.01. The minimum Gasteiger partial charge on any atom is -0.355 e. The van der Waals surface area contributed by atoms with Crippen LogP contribution in [0.1, 0.15) is 36.2 Å². The number of aryl methyl sites for hydroxylation is 2. The molecule has 3 aromatic rings. The molecule has 2 aromatic carbocycles. The average molecular weight is 410 g/mol. The Kier molecular flexibility index (Phi) is 5.93. The normalized spacial score (nSPS) is 16.7. The van der Waals surface area contributed by atoms with E-state index in [1.54, 1.807) is 0 Å². The zero-order chi connectivity index (χ0) is 20.4. The first-order valence-corrected chi connectivity index (χ1v) is 10.7. The fourth-order valence-corrected chi connectivity index (χ4v) is 4.60. The van der Waals surface area contributed by atoms with Gasteiger partial charge in [0.15, 0.2) is 0 Å². The van der Waals surface area contributed by atoms with E-state index < -0.39 is 0 Å². The SMILES string of the molecule is Cc1cc2cc(Cl)ccc2n1CCCNC(=O)CN1CCc2ccccc2C1C. The molecule has 0 saturated carbocycles. The lowest BCUT2D eigenvalue weighted by atomic mass is 9.94. The molecule has 4 rings (SSSR count). The molecule has 1 aromatic heterocycles. The molecule has 0 bridgehead atoms. The van der Waals surface area contributed by atoms with Crippen LogP contribution in [0.3, 0.4) is 0 Å². The maximum Gasteiger partial charge on any atom is 0.234 e. The van der Waals surface area contributed by atoms with Crippen molar-refractivity contribution >= 4 is 28.4 Å². The monoisotopic (exact) mass is 409 g/mol. The Morgan fingerprint density at radius 2 is 2.03 bits per heavy atom. The molecule has 0 fully saturated rings. The van der Waals surface area contributed by atoms with Crippen molar-refractivity contribution in [1.82, 2.24) is 14.8 Å². The second-order valence-electron chi connectivity index (χ2n) is 7.94. The first-order valence-electron chi connectivity index (χ1n) is 10.4. The van der Waals surface area contributed by atoms with Gasteiger partial charge in [0.05, 0.1) is 6.54 Å². The lowest BCUT2D eigenvalue weighted by Gasteiger charge is -2.34. The van der Waals surface area contributed by atoms with E-state index in [0.29, 0.717) is 13.1 Å². The molecule has 1 aliphatic heterocycles. The molecule has 4 nitrogen and oxygen atoms in total. The van der Waals surface area contributed by atoms with E-state index in [-0.39, 0.29) is 11.9 Å². The van der Waals surface area contributed by atoms with E-state index in [0.717, 1.165) is 31.0 Å². The van der Waals surface area contributed by atoms with Gasteiger partial charge < -0.3 is 9.88 Å². The first-order chi connectivity index (χ1) is 14.0. The van der Waals surface area contributed by atoms with Gasteiger partial charge in [-0.05, 0) is 62.1 Å². The Labute approximate surface area is 177 Å². The van der Waals surface area contributed by atoms with Crippen LogP contribution in [0.2, 0.25) is 5.02 Å². The summed E-state index contributed by atoms with van der Waals surface area (Å²) in [6.45, 7) is 7.26. The van der Waals surface area contributed by atoms with Gasteiger partial charge in [-0.3, -0.25) is 9.69 Å². The van der Waals surface area contributed by atoms with Gasteiger partial charge in [0.2, 0.25) is 5.91 Å². The van der Waals surface area contributed by atoms with Crippen LogP contribution in [0.5, 0.6) is 0 Å². The maximum atomic E-state index is 12.5. The van der Waals surface area contributed by atoms with Crippen molar-refractivity contribution in [2.24, 2.45) is 0 Å². The number of carbonyl (C=O) groups is 1. The Morgan fingerprint density at radius 1 is 1.21 bits per heavy atom. The fraction of sp³-hybridized carbons (Fsp3) is 0.375. The summed E-state index contributed by atoms with van der Waals surface area (Å²) in [6, 6.07) is 17.0. The van der Waals surface area contributed by atoms with Crippen LogP contribution in [-0.2, 0) is 17.8 Å². The van der Waals surface area contributed by atoms with Crippen molar-refractivity contribution in [1.29, 1.82) is 0 Å². The van der Waals surface area contributed by atoms with Gasteiger partial charge in [-0.25, -0.2) is 0 Å². The maximum absolute atomic E-state index is 12.5. The number of fused-ring (bicyclic) bond motifs is 2. The molecule has 29 heavy (non-hydrogen) atoms. The number of amides is 1. The number of aromatic nitrogens is 1. The summed E-state index contributed by atoms with van der Waals surface area (Å²) in [5.41, 5.74) is 5.17. The van der Waals surface area contributed by atoms with E-state index in [1.165, 1.54) is 27.7 Å². The molecule has 1 atom stereocenters. The highest BCUT2D eigenvalue weighted by Gasteiger charge is 2.24. The van der Waals surface area contributed by atoms with Crippen LogP contribution < -0.4 is 5.32 Å². The van der Waals surface area contributed by atoms with Crippen molar-refractivity contribution in [3.63, 3.8) is 0 Å². The minimum absolute atomic E-state index is 0.108. The molecule has 1 aliphatic rings. The smallest absolute Gasteiger partial charge is 0.234 e. The van der Waals surface area contributed by atoms with E-state index >= 15 is 0 Å². The summed E-state index contributed by atoms with van der Waals surface area (Å²) in [4.78, 5) is 14.7. The van der Waals surface area contributed by atoms with Crippen molar-refractivity contribution in [3.05, 3.63) is 70.4 Å². The van der Waals surface area contributed by atoms with Gasteiger partial charge in [0.1, 0.15) is 0 Å². The quantitative estimate of drug-likeness (QED) is 0.597. The summed E-state index contributed by atoms with van der Waals surface area (Å²) < 4.78 is 2.29. The topological polar surface area (TPSA) is 37.3 Å². The van der Waals surface area contributed by atoms with Crippen LogP contribution >= 0.6 is 11.6 Å². The number of nitrogens with one attached hydrogen (secondary N) is 1. The Morgan fingerprint density at radius 3 is 2.90 bits per heavy atom. The van der Waals surface area contributed by atoms with Crippen molar-refractivity contribution < 1.29 is 4.79 Å². The predicted molar refractivity (Wildman–Crippen MR) is 119 cm³/mol. The second kappa shape index (κ2) is 8.60. The Hall–Kier alpha value is -2.30. The van der Waals surface area contributed by atoms with Gasteiger partial charge in [-0.1, -0.05) is 35.9 Å². The summed E-state index contributed by atoms with van der Waals surface area (Å²) in [5.74, 6) is 0.108. The molecule has 0 aliphatic carbocycles. The van der Waals surface area contributed by atoms with E-state index in [4.69, 9.17) is 11.6 Å². The summed E-state index contributed by atoms with van der Waals surface area (Å²) in [5, 5.41) is 5.02. The van der Waals surface area contributed by atoms with Crippen molar-refractivity contribution in [3.8, 4) is 0 Å². The highest BCUT2D eigenvalue weighted by Crippen LogP contribution is 2.28. The van der Waals surface area contributed by atoms with Gasteiger partial charge in [0.25, 0.3) is 0 Å². The van der Waals surface area contributed by atoms with E-state index in [1.807, 2.05) is 12.1 Å². The summed E-state index contributed by atoms with van der Waals surface area (Å²) >= 11 is 6.10. The molecule has 0 saturated heterocycles. The minimum atomic E-state index is 0.108. The summed E-state index contributed by atoms with van der Waals surface area (Å²) in [7, 11) is 0. The van der Waals surface area contributed by atoms with Gasteiger partial charge in [0, 0.05) is 47.3 Å². The molecule has 0 spiro atoms. The Balaban J connectivity index is 1.27. The third-order valence-corrected chi connectivity index (χ3v) is 6.25. The van der Waals surface area contributed by atoms with Gasteiger partial charge in [-0.2, -0.15) is 0 Å². The number of halogens is 1. The molecule has 5 heteroatoms. The molecule has 152 valence electrons. The van der Waals surface area contributed by atoms with Gasteiger partial charge >= 0.3 is 0 Å². The third-order valence-electron chi connectivity index (χ3n) is 6.02. The number of rotatable bonds is 6. The molecule has 2 heterocycles. The molecule has 1 unspecified atom stereocenters. The van der Waals surface area contributed by atoms with Crippen molar-refractivity contribution in [2.75, 3.05) is 19.6 Å². The molecular weight excluding hydrogens is 382 g/mol. The van der Waals surface area contributed by atoms with E-state index in [2.05, 4.69) is 65.0 Å². The van der Waals surface area contributed by atoms with Crippen molar-refractivity contribution in [2.45, 2.75) is 39.3 Å². The van der Waals surface area contributed by atoms with Crippen LogP contribution in [-0.4, -0.2) is 35.0 Å². The highest BCUT2D eigenvalue weighted by atomic mass is 35.5. The number of benzene rings is 2. The van der Waals surface area contributed by atoms with Crippen LogP contribution in [0, 0.1) is 6.92 Å². The zero-order valence-corrected chi connectivity index (χ0v) is 17.9. The van der Waals surface area contributed by atoms with Crippen LogP contribution in [0.25, 0.3) is 10.9 Å². The zero-order valence-electron chi connectivity index (χ0n) is 17.1. The second-order valence-corrected chi connectivity index (χ2v) is 8.38. The molecule has 0 radical (unpaired) electrons. The summed E-state index contributed by atoms with van der Waals surface area (Å²) in [6.07, 6.45) is 1.91. The fourth-order valence-electron chi connectivity index (χ4n) is 4.42. The lowest BCUT2D eigenvalue weighted by Crippen LogP contribution is -2.42. The van der Waals surface area contributed by atoms with E-state index in [9.17, 15) is 4.79 Å². The number of carbonyl (C=O) groups excluding carboxylic acids is 1.